The molecule has 0 aliphatic heterocycles. The van der Waals surface area contributed by atoms with Crippen LogP contribution in [0, 0.1) is 13.8 Å². The Morgan fingerprint density at radius 1 is 0.943 bits per heavy atom. The molecule has 2 N–H and O–H groups in total. The van der Waals surface area contributed by atoms with E-state index >= 15 is 0 Å². The van der Waals surface area contributed by atoms with Gasteiger partial charge in [-0.25, -0.2) is 8.42 Å². The van der Waals surface area contributed by atoms with Gasteiger partial charge in [0, 0.05) is 7.11 Å². The van der Waals surface area contributed by atoms with Crippen LogP contribution in [0.5, 0.6) is 5.75 Å². The van der Waals surface area contributed by atoms with Crippen LogP contribution in [0.2, 0.25) is 0 Å². The third kappa shape index (κ3) is 6.73. The van der Waals surface area contributed by atoms with E-state index in [1.807, 2.05) is 27.7 Å². The van der Waals surface area contributed by atoms with Crippen molar-refractivity contribution in [3.63, 3.8) is 0 Å². The number of sulfone groups is 1. The third-order valence-electron chi connectivity index (χ3n) is 6.23. The summed E-state index contributed by atoms with van der Waals surface area (Å²) in [6.07, 6.45) is 1.22. The summed E-state index contributed by atoms with van der Waals surface area (Å²) in [5.41, 5.74) is 5.90. The van der Waals surface area contributed by atoms with Crippen LogP contribution in [-0.2, 0) is 43.1 Å². The van der Waals surface area contributed by atoms with Crippen molar-refractivity contribution in [3.05, 3.63) is 57.6 Å². The van der Waals surface area contributed by atoms with Gasteiger partial charge >= 0.3 is 7.60 Å². The molecular formula is C25H37O8PS. The van der Waals surface area contributed by atoms with Crippen molar-refractivity contribution in [2.45, 2.75) is 70.6 Å². The maximum Gasteiger partial charge on any atom is 0.362 e. The average molecular weight is 529 g/mol. The molecule has 0 unspecified atom stereocenters. The van der Waals surface area contributed by atoms with Crippen LogP contribution >= 0.6 is 7.60 Å². The van der Waals surface area contributed by atoms with Crippen LogP contribution in [0.4, 0.5) is 0 Å². The SMILES string of the molecule is CCc1c(C)c(Cc2ccc(S(=O)(=O)C(C)(C)OCOC)cc2)c(C)c(CC)c1OCP(=O)(O)O. The van der Waals surface area contributed by atoms with Gasteiger partial charge in [0.1, 0.15) is 12.5 Å². The molecule has 0 heterocycles. The topological polar surface area (TPSA) is 119 Å². The van der Waals surface area contributed by atoms with Gasteiger partial charge in [-0.1, -0.05) is 26.0 Å². The first-order valence-electron chi connectivity index (χ1n) is 11.5. The van der Waals surface area contributed by atoms with Gasteiger partial charge in [0.25, 0.3) is 0 Å². The minimum absolute atomic E-state index is 0.129. The second-order valence-corrected chi connectivity index (χ2v) is 13.0. The molecular weight excluding hydrogens is 491 g/mol. The van der Waals surface area contributed by atoms with E-state index in [2.05, 4.69) is 0 Å². The Morgan fingerprint density at radius 3 is 1.89 bits per heavy atom. The number of benzene rings is 2. The molecule has 2 aromatic rings. The summed E-state index contributed by atoms with van der Waals surface area (Å²) in [5.74, 6) is 0.553. The van der Waals surface area contributed by atoms with Crippen molar-refractivity contribution in [1.82, 2.24) is 0 Å². The minimum atomic E-state index is -4.31. The normalized spacial score (nSPS) is 12.7. The van der Waals surface area contributed by atoms with Crippen LogP contribution in [0.15, 0.2) is 29.2 Å². The first kappa shape index (κ1) is 29.5. The predicted molar refractivity (Wildman–Crippen MR) is 136 cm³/mol. The summed E-state index contributed by atoms with van der Waals surface area (Å²) < 4.78 is 53.3. The first-order valence-corrected chi connectivity index (χ1v) is 14.8. The molecule has 0 spiro atoms. The van der Waals surface area contributed by atoms with Crippen molar-refractivity contribution < 1.29 is 37.0 Å². The fraction of sp³-hybridized carbons (Fsp3) is 0.520. The highest BCUT2D eigenvalue weighted by Crippen LogP contribution is 2.40. The average Bonchev–Trinajstić information content (AvgIpc) is 2.78. The van der Waals surface area contributed by atoms with Gasteiger partial charge in [-0.2, -0.15) is 0 Å². The van der Waals surface area contributed by atoms with Crippen molar-refractivity contribution in [2.24, 2.45) is 0 Å². The standard InChI is InChI=1S/C25H37O8PS/c1-8-21-17(3)23(18(4)22(9-2)24(21)32-16-34(26,27)28)14-19-10-12-20(13-11-19)35(29,30)25(5,6)33-15-31-7/h10-13H,8-9,14-16H2,1-7H3,(H2,26,27,28). The van der Waals surface area contributed by atoms with Gasteiger partial charge in [0.15, 0.2) is 11.3 Å². The fourth-order valence-corrected chi connectivity index (χ4v) is 5.72. The Labute approximate surface area is 208 Å². The molecule has 0 fully saturated rings. The lowest BCUT2D eigenvalue weighted by Crippen LogP contribution is -2.35. The smallest absolute Gasteiger partial charge is 0.362 e. The van der Waals surface area contributed by atoms with Gasteiger partial charge in [0.2, 0.25) is 9.84 Å². The molecule has 0 amide bonds. The van der Waals surface area contributed by atoms with Crippen molar-refractivity contribution >= 4 is 17.4 Å². The summed E-state index contributed by atoms with van der Waals surface area (Å²) in [6.45, 7) is 10.8. The van der Waals surface area contributed by atoms with Gasteiger partial charge in [-0.3, -0.25) is 4.57 Å². The molecule has 0 aromatic heterocycles. The number of methoxy groups -OCH3 is 1. The second-order valence-electron chi connectivity index (χ2n) is 8.93. The molecule has 196 valence electrons. The van der Waals surface area contributed by atoms with E-state index in [1.165, 1.54) is 21.0 Å². The Bertz CT molecular complexity index is 1150. The monoisotopic (exact) mass is 528 g/mol. The number of hydrogen-bond donors (Lipinski definition) is 2. The molecule has 35 heavy (non-hydrogen) atoms. The largest absolute Gasteiger partial charge is 0.480 e. The molecule has 2 rings (SSSR count). The third-order valence-corrected chi connectivity index (χ3v) is 9.00. The lowest BCUT2D eigenvalue weighted by Gasteiger charge is -2.25. The van der Waals surface area contributed by atoms with Gasteiger partial charge < -0.3 is 24.0 Å². The first-order chi connectivity index (χ1) is 16.2. The fourth-order valence-electron chi connectivity index (χ4n) is 4.16. The number of ether oxygens (including phenoxy) is 3. The second kappa shape index (κ2) is 11.5. The maximum absolute atomic E-state index is 13.0. The summed E-state index contributed by atoms with van der Waals surface area (Å²) in [5, 5.41) is 0. The van der Waals surface area contributed by atoms with E-state index in [4.69, 9.17) is 14.2 Å². The summed E-state index contributed by atoms with van der Waals surface area (Å²) in [6, 6.07) is 6.78. The highest BCUT2D eigenvalue weighted by molar-refractivity contribution is 7.92. The van der Waals surface area contributed by atoms with Gasteiger partial charge in [0.05, 0.1) is 4.90 Å². The van der Waals surface area contributed by atoms with E-state index in [-0.39, 0.29) is 11.7 Å². The zero-order valence-electron chi connectivity index (χ0n) is 21.5. The molecule has 8 nitrogen and oxygen atoms in total. The van der Waals surface area contributed by atoms with E-state index in [9.17, 15) is 22.8 Å². The van der Waals surface area contributed by atoms with Gasteiger partial charge in [-0.15, -0.1) is 0 Å². The molecule has 0 radical (unpaired) electrons. The Morgan fingerprint density at radius 2 is 1.46 bits per heavy atom. The molecule has 0 saturated carbocycles. The van der Waals surface area contributed by atoms with E-state index in [0.717, 1.165) is 33.4 Å². The summed E-state index contributed by atoms with van der Waals surface area (Å²) in [4.78, 5) is 17.3. The lowest BCUT2D eigenvalue weighted by molar-refractivity contribution is -0.0772. The quantitative estimate of drug-likeness (QED) is 0.302. The van der Waals surface area contributed by atoms with Crippen LogP contribution in [-0.4, -0.2) is 43.4 Å². The van der Waals surface area contributed by atoms with E-state index in [0.29, 0.717) is 25.0 Å². The molecule has 10 heteroatoms. The van der Waals surface area contributed by atoms with Crippen LogP contribution in [0.1, 0.15) is 61.1 Å². The van der Waals surface area contributed by atoms with E-state index in [1.54, 1.807) is 24.3 Å². The highest BCUT2D eigenvalue weighted by Gasteiger charge is 2.36. The lowest BCUT2D eigenvalue weighted by atomic mass is 9.86. The number of rotatable bonds is 12. The molecule has 0 atom stereocenters. The maximum atomic E-state index is 13.0. The molecule has 0 aliphatic carbocycles. The minimum Gasteiger partial charge on any atom is -0.480 e. The molecule has 2 aromatic carbocycles. The molecule has 0 bridgehead atoms. The van der Waals surface area contributed by atoms with Gasteiger partial charge in [-0.05, 0) is 92.5 Å². The van der Waals surface area contributed by atoms with Crippen molar-refractivity contribution in [3.8, 4) is 5.75 Å². The Kier molecular flexibility index (Phi) is 9.73. The Hall–Kier alpha value is -1.74. The van der Waals surface area contributed by atoms with Crippen LogP contribution < -0.4 is 4.74 Å². The van der Waals surface area contributed by atoms with Crippen molar-refractivity contribution in [1.29, 1.82) is 0 Å². The Balaban J connectivity index is 2.44. The zero-order valence-corrected chi connectivity index (χ0v) is 23.3. The van der Waals surface area contributed by atoms with Crippen LogP contribution in [0.25, 0.3) is 0 Å². The van der Waals surface area contributed by atoms with Crippen LogP contribution in [0.3, 0.4) is 0 Å². The predicted octanol–water partition coefficient (Wildman–Crippen LogP) is 4.66. The number of hydrogen-bond acceptors (Lipinski definition) is 6. The highest BCUT2D eigenvalue weighted by atomic mass is 32.2. The summed E-state index contributed by atoms with van der Waals surface area (Å²) >= 11 is 0. The molecule has 0 saturated heterocycles. The molecule has 0 aliphatic rings. The zero-order chi connectivity index (χ0) is 26.6. The van der Waals surface area contributed by atoms with Crippen molar-refractivity contribution in [2.75, 3.05) is 20.3 Å². The van der Waals surface area contributed by atoms with E-state index < -0.39 is 28.7 Å². The summed E-state index contributed by atoms with van der Waals surface area (Å²) in [7, 11) is -6.62.